The lowest BCUT2D eigenvalue weighted by Crippen LogP contribution is -2.32. The molecule has 23 heavy (non-hydrogen) atoms. The molecule has 1 fully saturated rings. The van der Waals surface area contributed by atoms with Gasteiger partial charge in [0.25, 0.3) is 5.91 Å². The number of benzene rings is 1. The van der Waals surface area contributed by atoms with Gasteiger partial charge in [-0.3, -0.25) is 9.59 Å². The predicted octanol–water partition coefficient (Wildman–Crippen LogP) is 1.95. The Balaban J connectivity index is 1.98. The molecular formula is C15H15ClN4O3. The highest BCUT2D eigenvalue weighted by Gasteiger charge is 2.32. The second kappa shape index (κ2) is 6.00. The zero-order valence-corrected chi connectivity index (χ0v) is 13.2. The lowest BCUT2D eigenvalue weighted by Gasteiger charge is -2.11. The maximum atomic E-state index is 12.3. The number of carbonyl (C=O) groups excluding carboxylic acids is 1. The molecule has 0 unspecified atom stereocenters. The Morgan fingerprint density at radius 3 is 2.70 bits per heavy atom. The first kappa shape index (κ1) is 15.5. The minimum absolute atomic E-state index is 0.0180. The molecule has 120 valence electrons. The molecule has 1 aliphatic carbocycles. The van der Waals surface area contributed by atoms with Crippen LogP contribution < -0.4 is 0 Å². The number of hydrogen-bond acceptors (Lipinski definition) is 4. The molecule has 3 rings (SSSR count). The molecule has 1 heterocycles. The van der Waals surface area contributed by atoms with E-state index in [-0.39, 0.29) is 11.7 Å². The Hall–Kier alpha value is -2.41. The molecule has 1 saturated carbocycles. The van der Waals surface area contributed by atoms with Gasteiger partial charge in [0, 0.05) is 13.0 Å². The van der Waals surface area contributed by atoms with Gasteiger partial charge in [0.05, 0.1) is 10.7 Å². The summed E-state index contributed by atoms with van der Waals surface area (Å²) in [6.07, 6.45) is 1.98. The van der Waals surface area contributed by atoms with E-state index in [2.05, 4.69) is 10.1 Å². The van der Waals surface area contributed by atoms with Crippen molar-refractivity contribution < 1.29 is 14.7 Å². The van der Waals surface area contributed by atoms with Crippen molar-refractivity contribution in [1.82, 2.24) is 19.7 Å². The first-order valence-electron chi connectivity index (χ1n) is 7.16. The average Bonchev–Trinajstić information content (AvgIpc) is 3.26. The number of carbonyl (C=O) groups is 2. The van der Waals surface area contributed by atoms with Gasteiger partial charge in [-0.15, -0.1) is 5.10 Å². The number of hydrogen-bond donors (Lipinski definition) is 1. The molecule has 1 aliphatic rings. The zero-order valence-electron chi connectivity index (χ0n) is 12.4. The summed E-state index contributed by atoms with van der Waals surface area (Å²) in [5, 5.41) is 13.6. The van der Waals surface area contributed by atoms with Crippen LogP contribution in [-0.2, 0) is 4.79 Å². The Morgan fingerprint density at radius 1 is 1.39 bits per heavy atom. The minimum atomic E-state index is -1.09. The van der Waals surface area contributed by atoms with Crippen molar-refractivity contribution in [2.45, 2.75) is 18.8 Å². The number of aliphatic carboxylic acids is 1. The second-order valence-corrected chi connectivity index (χ2v) is 5.89. The normalized spacial score (nSPS) is 13.8. The number of carboxylic acid groups (broad SMARTS) is 1. The summed E-state index contributed by atoms with van der Waals surface area (Å²) >= 11 is 6.21. The molecule has 0 radical (unpaired) electrons. The van der Waals surface area contributed by atoms with Gasteiger partial charge in [-0.05, 0) is 25.0 Å². The van der Waals surface area contributed by atoms with Crippen LogP contribution in [0.5, 0.6) is 0 Å². The molecule has 1 amide bonds. The number of halogens is 1. The van der Waals surface area contributed by atoms with E-state index >= 15 is 0 Å². The minimum Gasteiger partial charge on any atom is -0.480 e. The van der Waals surface area contributed by atoms with Gasteiger partial charge in [0.2, 0.25) is 5.82 Å². The first-order chi connectivity index (χ1) is 11.0. The van der Waals surface area contributed by atoms with E-state index in [0.717, 1.165) is 17.7 Å². The first-order valence-corrected chi connectivity index (χ1v) is 7.54. The molecule has 1 aromatic carbocycles. The SMILES string of the molecule is CN(CC(=O)O)C(=O)c1nc(C2CC2)n(-c2ccccc2Cl)n1. The molecule has 8 heteroatoms. The molecule has 0 saturated heterocycles. The lowest BCUT2D eigenvalue weighted by atomic mass is 10.3. The fourth-order valence-electron chi connectivity index (χ4n) is 2.27. The van der Waals surface area contributed by atoms with Gasteiger partial charge in [-0.25, -0.2) is 9.67 Å². The van der Waals surface area contributed by atoms with Crippen LogP contribution in [0.15, 0.2) is 24.3 Å². The summed E-state index contributed by atoms with van der Waals surface area (Å²) in [5.74, 6) is -0.695. The Labute approximate surface area is 137 Å². The fourth-order valence-corrected chi connectivity index (χ4v) is 2.48. The average molecular weight is 335 g/mol. The molecular weight excluding hydrogens is 320 g/mol. The fraction of sp³-hybridized carbons (Fsp3) is 0.333. The molecule has 1 N–H and O–H groups in total. The summed E-state index contributed by atoms with van der Waals surface area (Å²) in [5.41, 5.74) is 0.656. The van der Waals surface area contributed by atoms with Crippen molar-refractivity contribution in [3.8, 4) is 5.69 Å². The van der Waals surface area contributed by atoms with Crippen molar-refractivity contribution >= 4 is 23.5 Å². The smallest absolute Gasteiger partial charge is 0.323 e. The van der Waals surface area contributed by atoms with Crippen molar-refractivity contribution in [2.24, 2.45) is 0 Å². The van der Waals surface area contributed by atoms with Crippen LogP contribution in [0.2, 0.25) is 5.02 Å². The van der Waals surface area contributed by atoms with Crippen molar-refractivity contribution in [2.75, 3.05) is 13.6 Å². The van der Waals surface area contributed by atoms with Gasteiger partial charge >= 0.3 is 5.97 Å². The Bertz CT molecular complexity index is 770. The number of nitrogens with zero attached hydrogens (tertiary/aromatic N) is 4. The van der Waals surface area contributed by atoms with Gasteiger partial charge in [-0.2, -0.15) is 0 Å². The Kier molecular flexibility index (Phi) is 4.04. The summed E-state index contributed by atoms with van der Waals surface area (Å²) in [6.45, 7) is -0.405. The second-order valence-electron chi connectivity index (χ2n) is 5.49. The molecule has 0 atom stereocenters. The quantitative estimate of drug-likeness (QED) is 0.903. The van der Waals surface area contributed by atoms with Crippen LogP contribution in [0.1, 0.15) is 35.2 Å². The van der Waals surface area contributed by atoms with Gasteiger partial charge in [0.1, 0.15) is 12.4 Å². The van der Waals surface area contributed by atoms with E-state index < -0.39 is 18.4 Å². The number of aromatic nitrogens is 3. The number of carboxylic acids is 1. The third kappa shape index (κ3) is 3.19. The monoisotopic (exact) mass is 334 g/mol. The van der Waals surface area contributed by atoms with Crippen molar-refractivity contribution in [3.05, 3.63) is 40.9 Å². The topological polar surface area (TPSA) is 88.3 Å². The summed E-state index contributed by atoms with van der Waals surface area (Å²) in [4.78, 5) is 28.4. The van der Waals surface area contributed by atoms with Crippen LogP contribution in [-0.4, -0.2) is 50.2 Å². The molecule has 1 aromatic heterocycles. The van der Waals surface area contributed by atoms with Gasteiger partial charge in [-0.1, -0.05) is 23.7 Å². The molecule has 0 spiro atoms. The number of rotatable bonds is 5. The van der Waals surface area contributed by atoms with E-state index in [1.165, 1.54) is 7.05 Å². The maximum absolute atomic E-state index is 12.3. The maximum Gasteiger partial charge on any atom is 0.323 e. The largest absolute Gasteiger partial charge is 0.480 e. The molecule has 0 aliphatic heterocycles. The number of amides is 1. The molecule has 2 aromatic rings. The van der Waals surface area contributed by atoms with Gasteiger partial charge < -0.3 is 10.0 Å². The van der Waals surface area contributed by atoms with Crippen LogP contribution in [0.4, 0.5) is 0 Å². The molecule has 7 nitrogen and oxygen atoms in total. The van der Waals surface area contributed by atoms with Crippen LogP contribution in [0.3, 0.4) is 0 Å². The Morgan fingerprint density at radius 2 is 2.09 bits per heavy atom. The highest BCUT2D eigenvalue weighted by atomic mass is 35.5. The third-order valence-electron chi connectivity index (χ3n) is 3.57. The van der Waals surface area contributed by atoms with E-state index in [1.54, 1.807) is 16.8 Å². The van der Waals surface area contributed by atoms with E-state index in [0.29, 0.717) is 16.5 Å². The van der Waals surface area contributed by atoms with Crippen molar-refractivity contribution in [1.29, 1.82) is 0 Å². The lowest BCUT2D eigenvalue weighted by molar-refractivity contribution is -0.137. The van der Waals surface area contributed by atoms with Crippen LogP contribution in [0.25, 0.3) is 5.69 Å². The number of para-hydroxylation sites is 1. The highest BCUT2D eigenvalue weighted by molar-refractivity contribution is 6.32. The van der Waals surface area contributed by atoms with Crippen molar-refractivity contribution in [3.63, 3.8) is 0 Å². The third-order valence-corrected chi connectivity index (χ3v) is 3.89. The van der Waals surface area contributed by atoms with E-state index in [1.807, 2.05) is 12.1 Å². The van der Waals surface area contributed by atoms with Gasteiger partial charge in [0.15, 0.2) is 0 Å². The van der Waals surface area contributed by atoms with Crippen LogP contribution >= 0.6 is 11.6 Å². The van der Waals surface area contributed by atoms with E-state index in [4.69, 9.17) is 16.7 Å². The summed E-state index contributed by atoms with van der Waals surface area (Å²) < 4.78 is 1.59. The highest BCUT2D eigenvalue weighted by Crippen LogP contribution is 2.40. The standard InChI is InChI=1S/C15H15ClN4O3/c1-19(8-12(21)22)15(23)13-17-14(9-6-7-9)20(18-13)11-5-3-2-4-10(11)16/h2-5,9H,6-8H2,1H3,(H,21,22). The zero-order chi connectivity index (χ0) is 16.6. The summed E-state index contributed by atoms with van der Waals surface area (Å²) in [6, 6.07) is 7.19. The number of likely N-dealkylation sites (N-methyl/N-ethyl adjacent to an activating group) is 1. The summed E-state index contributed by atoms with van der Waals surface area (Å²) in [7, 11) is 1.41. The van der Waals surface area contributed by atoms with Crippen LogP contribution in [0, 0.1) is 0 Å². The molecule has 0 bridgehead atoms. The predicted molar refractivity (Wildman–Crippen MR) is 82.9 cm³/mol. The van der Waals surface area contributed by atoms with E-state index in [9.17, 15) is 9.59 Å².